The van der Waals surface area contributed by atoms with Gasteiger partial charge in [-0.05, 0) is 17.7 Å². The van der Waals surface area contributed by atoms with Crippen molar-refractivity contribution in [2.24, 2.45) is 0 Å². The number of rotatable bonds is 4. The van der Waals surface area contributed by atoms with E-state index in [0.29, 0.717) is 17.1 Å². The second-order valence-electron chi connectivity index (χ2n) is 5.54. The van der Waals surface area contributed by atoms with Crippen LogP contribution in [0.5, 0.6) is 0 Å². The summed E-state index contributed by atoms with van der Waals surface area (Å²) >= 11 is 0. The van der Waals surface area contributed by atoms with Crippen molar-refractivity contribution in [3.63, 3.8) is 0 Å². The van der Waals surface area contributed by atoms with E-state index in [2.05, 4.69) is 5.32 Å². The molecule has 0 atom stereocenters. The Bertz CT molecular complexity index is 879. The van der Waals surface area contributed by atoms with Crippen molar-refractivity contribution in [2.45, 2.75) is 6.61 Å². The summed E-state index contributed by atoms with van der Waals surface area (Å²) in [6.07, 6.45) is -0.561. The van der Waals surface area contributed by atoms with Gasteiger partial charge in [-0.3, -0.25) is 5.32 Å². The van der Waals surface area contributed by atoms with E-state index in [0.717, 1.165) is 16.7 Å². The van der Waals surface area contributed by atoms with Crippen molar-refractivity contribution in [1.29, 1.82) is 0 Å². The zero-order valence-electron chi connectivity index (χ0n) is 13.6. The van der Waals surface area contributed by atoms with E-state index < -0.39 is 6.09 Å². The smallest absolute Gasteiger partial charge is 0.412 e. The maximum absolute atomic E-state index is 12.0. The Kier molecular flexibility index (Phi) is 4.85. The van der Waals surface area contributed by atoms with Gasteiger partial charge in [-0.15, -0.1) is 0 Å². The lowest BCUT2D eigenvalue weighted by Gasteiger charge is -2.14. The average molecular weight is 333 g/mol. The molecule has 126 valence electrons. The molecule has 0 aliphatic heterocycles. The van der Waals surface area contributed by atoms with Gasteiger partial charge in [-0.2, -0.15) is 0 Å². The fourth-order valence-electron chi connectivity index (χ4n) is 2.52. The summed E-state index contributed by atoms with van der Waals surface area (Å²) in [5.41, 5.74) is 16.3. The zero-order chi connectivity index (χ0) is 17.6. The quantitative estimate of drug-likeness (QED) is 0.622. The minimum Gasteiger partial charge on any atom is -0.444 e. The predicted octanol–water partition coefficient (Wildman–Crippen LogP) is 4.27. The predicted molar refractivity (Wildman–Crippen MR) is 101 cm³/mol. The fraction of sp³-hybridized carbons (Fsp3) is 0.0500. The first-order chi connectivity index (χ1) is 12.1. The lowest BCUT2D eigenvalue weighted by Crippen LogP contribution is -2.15. The summed E-state index contributed by atoms with van der Waals surface area (Å²) < 4.78 is 5.23. The maximum Gasteiger partial charge on any atom is 0.412 e. The van der Waals surface area contributed by atoms with Crippen molar-refractivity contribution in [1.82, 2.24) is 0 Å². The van der Waals surface area contributed by atoms with Gasteiger partial charge in [0.2, 0.25) is 0 Å². The number of nitrogens with one attached hydrogen (secondary N) is 1. The van der Waals surface area contributed by atoms with Gasteiger partial charge in [-0.25, -0.2) is 4.79 Å². The van der Waals surface area contributed by atoms with E-state index in [9.17, 15) is 4.79 Å². The van der Waals surface area contributed by atoms with E-state index >= 15 is 0 Å². The van der Waals surface area contributed by atoms with Crippen LogP contribution in [-0.2, 0) is 11.3 Å². The number of amides is 1. The van der Waals surface area contributed by atoms with Gasteiger partial charge in [0.05, 0.1) is 11.4 Å². The van der Waals surface area contributed by atoms with Crippen LogP contribution in [-0.4, -0.2) is 6.09 Å². The van der Waals surface area contributed by atoms with Crippen LogP contribution < -0.4 is 16.8 Å². The Labute approximate surface area is 146 Å². The highest BCUT2D eigenvalue weighted by Crippen LogP contribution is 2.34. The lowest BCUT2D eigenvalue weighted by molar-refractivity contribution is 0.155. The average Bonchev–Trinajstić information content (AvgIpc) is 2.63. The van der Waals surface area contributed by atoms with E-state index in [1.165, 1.54) is 0 Å². The minimum atomic E-state index is -0.561. The third-order valence-electron chi connectivity index (χ3n) is 3.81. The summed E-state index contributed by atoms with van der Waals surface area (Å²) in [7, 11) is 0. The molecule has 5 N–H and O–H groups in total. The number of hydrogen-bond acceptors (Lipinski definition) is 4. The first-order valence-corrected chi connectivity index (χ1v) is 7.86. The molecule has 3 aromatic carbocycles. The Morgan fingerprint density at radius 3 is 2.28 bits per heavy atom. The largest absolute Gasteiger partial charge is 0.444 e. The van der Waals surface area contributed by atoms with Crippen molar-refractivity contribution in [3.05, 3.63) is 78.4 Å². The number of benzene rings is 3. The molecule has 0 bridgehead atoms. The Morgan fingerprint density at radius 1 is 0.840 bits per heavy atom. The van der Waals surface area contributed by atoms with Crippen molar-refractivity contribution >= 4 is 23.2 Å². The van der Waals surface area contributed by atoms with Crippen LogP contribution in [0.1, 0.15) is 5.56 Å². The first-order valence-electron chi connectivity index (χ1n) is 7.86. The molecule has 0 heterocycles. The molecule has 1 amide bonds. The maximum atomic E-state index is 12.0. The number of carbonyl (C=O) groups excluding carboxylic acids is 1. The zero-order valence-corrected chi connectivity index (χ0v) is 13.6. The summed E-state index contributed by atoms with van der Waals surface area (Å²) in [5, 5.41) is 2.68. The van der Waals surface area contributed by atoms with Gasteiger partial charge < -0.3 is 16.2 Å². The number of carbonyl (C=O) groups is 1. The summed E-state index contributed by atoms with van der Waals surface area (Å²) in [4.78, 5) is 12.0. The summed E-state index contributed by atoms with van der Waals surface area (Å²) in [5.74, 6) is 0. The third kappa shape index (κ3) is 3.90. The molecule has 0 fully saturated rings. The molecule has 0 spiro atoms. The number of ether oxygens (including phenoxy) is 1. The number of anilines is 3. The number of para-hydroxylation sites is 2. The Balaban J connectivity index is 1.74. The second-order valence-corrected chi connectivity index (χ2v) is 5.54. The van der Waals surface area contributed by atoms with Crippen LogP contribution >= 0.6 is 0 Å². The van der Waals surface area contributed by atoms with Crippen molar-refractivity contribution in [2.75, 3.05) is 16.8 Å². The number of nitrogens with two attached hydrogens (primary N) is 2. The topological polar surface area (TPSA) is 90.4 Å². The van der Waals surface area contributed by atoms with Crippen LogP contribution in [0.15, 0.2) is 72.8 Å². The highest BCUT2D eigenvalue weighted by atomic mass is 16.5. The van der Waals surface area contributed by atoms with E-state index in [1.54, 1.807) is 6.07 Å². The third-order valence-corrected chi connectivity index (χ3v) is 3.81. The Hall–Kier alpha value is -3.47. The molecule has 0 unspecified atom stereocenters. The van der Waals surface area contributed by atoms with E-state index in [-0.39, 0.29) is 6.61 Å². The van der Waals surface area contributed by atoms with Crippen LogP contribution in [0.2, 0.25) is 0 Å². The molecule has 0 radical (unpaired) electrons. The Morgan fingerprint density at radius 2 is 1.52 bits per heavy atom. The molecule has 0 aromatic heterocycles. The van der Waals surface area contributed by atoms with Crippen LogP contribution in [0, 0.1) is 0 Å². The minimum absolute atomic E-state index is 0.192. The number of hydrogen-bond donors (Lipinski definition) is 3. The second kappa shape index (κ2) is 7.40. The molecule has 0 saturated heterocycles. The van der Waals surface area contributed by atoms with Crippen LogP contribution in [0.4, 0.5) is 21.9 Å². The highest BCUT2D eigenvalue weighted by molar-refractivity contribution is 5.95. The molecular weight excluding hydrogens is 314 g/mol. The lowest BCUT2D eigenvalue weighted by atomic mass is 10.0. The van der Waals surface area contributed by atoms with Crippen LogP contribution in [0.25, 0.3) is 11.1 Å². The molecule has 3 aromatic rings. The first kappa shape index (κ1) is 16.4. The SMILES string of the molecule is Nc1ccccc1-c1cccc(NC(=O)OCc2ccccc2)c1N. The van der Waals surface area contributed by atoms with Gasteiger partial charge in [0.15, 0.2) is 0 Å². The van der Waals surface area contributed by atoms with Gasteiger partial charge in [0.1, 0.15) is 6.61 Å². The fourth-order valence-corrected chi connectivity index (χ4v) is 2.52. The molecule has 5 nitrogen and oxygen atoms in total. The molecule has 25 heavy (non-hydrogen) atoms. The van der Waals surface area contributed by atoms with Gasteiger partial charge >= 0.3 is 6.09 Å². The molecule has 0 aliphatic carbocycles. The molecule has 3 rings (SSSR count). The van der Waals surface area contributed by atoms with Gasteiger partial charge in [-0.1, -0.05) is 60.7 Å². The molecular formula is C20H19N3O2. The molecule has 0 aliphatic rings. The van der Waals surface area contributed by atoms with Gasteiger partial charge in [0, 0.05) is 16.8 Å². The van der Waals surface area contributed by atoms with Gasteiger partial charge in [0.25, 0.3) is 0 Å². The standard InChI is InChI=1S/C20H19N3O2/c21-17-11-5-4-9-15(17)16-10-6-12-18(19(16)22)23-20(24)25-13-14-7-2-1-3-8-14/h1-12H,13,21-22H2,(H,23,24). The number of nitrogen functional groups attached to an aromatic ring is 2. The molecule has 5 heteroatoms. The molecule has 0 saturated carbocycles. The highest BCUT2D eigenvalue weighted by Gasteiger charge is 2.12. The summed E-state index contributed by atoms with van der Waals surface area (Å²) in [6.45, 7) is 0.192. The van der Waals surface area contributed by atoms with E-state index in [4.69, 9.17) is 16.2 Å². The normalized spacial score (nSPS) is 10.2. The summed E-state index contributed by atoms with van der Waals surface area (Å²) in [6, 6.07) is 22.3. The van der Waals surface area contributed by atoms with Crippen molar-refractivity contribution in [3.8, 4) is 11.1 Å². The van der Waals surface area contributed by atoms with E-state index in [1.807, 2.05) is 66.7 Å². The monoisotopic (exact) mass is 333 g/mol. The van der Waals surface area contributed by atoms with Crippen molar-refractivity contribution < 1.29 is 9.53 Å². The van der Waals surface area contributed by atoms with Crippen LogP contribution in [0.3, 0.4) is 0 Å².